The van der Waals surface area contributed by atoms with Gasteiger partial charge in [-0.1, -0.05) is 12.5 Å². The zero-order chi connectivity index (χ0) is 14.7. The molecule has 2 aliphatic rings. The summed E-state index contributed by atoms with van der Waals surface area (Å²) in [5, 5.41) is 0. The average Bonchev–Trinajstić information content (AvgIpc) is 2.56. The van der Waals surface area contributed by atoms with Gasteiger partial charge in [0.1, 0.15) is 5.82 Å². The Morgan fingerprint density at radius 2 is 1.81 bits per heavy atom. The van der Waals surface area contributed by atoms with Gasteiger partial charge in [0.05, 0.1) is 0 Å². The van der Waals surface area contributed by atoms with E-state index >= 15 is 0 Å². The Morgan fingerprint density at radius 3 is 2.43 bits per heavy atom. The van der Waals surface area contributed by atoms with E-state index in [1.807, 2.05) is 0 Å². The van der Waals surface area contributed by atoms with E-state index in [-0.39, 0.29) is 0 Å². The fourth-order valence-electron chi connectivity index (χ4n) is 3.64. The minimum Gasteiger partial charge on any atom is -0.356 e. The zero-order valence-corrected chi connectivity index (χ0v) is 13.8. The van der Waals surface area contributed by atoms with Gasteiger partial charge in [-0.3, -0.25) is 0 Å². The molecule has 1 aromatic rings. The number of alkyl halides is 1. The minimum absolute atomic E-state index is 0.552. The summed E-state index contributed by atoms with van der Waals surface area (Å²) in [6.45, 7) is 6.95. The summed E-state index contributed by atoms with van der Waals surface area (Å²) in [5.74, 6) is 1.68. The third-order valence-corrected chi connectivity index (χ3v) is 5.31. The van der Waals surface area contributed by atoms with Gasteiger partial charge in [0, 0.05) is 30.7 Å². The highest BCUT2D eigenvalue weighted by Gasteiger charge is 2.26. The van der Waals surface area contributed by atoms with E-state index in [2.05, 4.69) is 28.9 Å². The van der Waals surface area contributed by atoms with Crippen molar-refractivity contribution >= 4 is 17.4 Å². The smallest absolute Gasteiger partial charge is 0.128 e. The molecule has 21 heavy (non-hydrogen) atoms. The zero-order valence-electron chi connectivity index (χ0n) is 13.0. The van der Waals surface area contributed by atoms with E-state index in [1.54, 1.807) is 0 Å². The number of likely N-dealkylation sites (tertiary alicyclic amines) is 1. The quantitative estimate of drug-likeness (QED) is 0.796. The molecule has 3 rings (SSSR count). The molecule has 4 heteroatoms. The molecule has 2 aliphatic heterocycles. The lowest BCUT2D eigenvalue weighted by atomic mass is 10.00. The van der Waals surface area contributed by atoms with Gasteiger partial charge in [-0.2, -0.15) is 0 Å². The average molecular weight is 308 g/mol. The Morgan fingerprint density at radius 1 is 1.10 bits per heavy atom. The number of piperidine rings is 2. The van der Waals surface area contributed by atoms with Gasteiger partial charge in [-0.25, -0.2) is 4.98 Å². The summed E-state index contributed by atoms with van der Waals surface area (Å²) in [6, 6.07) is 5.05. The lowest BCUT2D eigenvalue weighted by molar-refractivity contribution is 0.141. The first kappa shape index (κ1) is 15.1. The Kier molecular flexibility index (Phi) is 5.02. The van der Waals surface area contributed by atoms with Gasteiger partial charge in [-0.05, 0) is 57.3 Å². The number of hydrogen-bond donors (Lipinski definition) is 0. The third kappa shape index (κ3) is 3.51. The normalized spacial score (nSPS) is 21.7. The molecule has 0 unspecified atom stereocenters. The van der Waals surface area contributed by atoms with Crippen molar-refractivity contribution in [1.82, 2.24) is 9.88 Å². The van der Waals surface area contributed by atoms with Gasteiger partial charge >= 0.3 is 0 Å². The molecule has 0 aromatic carbocycles. The molecule has 2 fully saturated rings. The third-order valence-electron chi connectivity index (χ3n) is 5.02. The second-order valence-electron chi connectivity index (χ2n) is 6.36. The van der Waals surface area contributed by atoms with Crippen molar-refractivity contribution in [3.63, 3.8) is 0 Å². The van der Waals surface area contributed by atoms with Crippen LogP contribution >= 0.6 is 11.6 Å². The van der Waals surface area contributed by atoms with E-state index in [1.165, 1.54) is 45.2 Å². The summed E-state index contributed by atoms with van der Waals surface area (Å²) in [7, 11) is 0. The number of aryl methyl sites for hydroxylation is 1. The summed E-state index contributed by atoms with van der Waals surface area (Å²) >= 11 is 5.92. The summed E-state index contributed by atoms with van der Waals surface area (Å²) < 4.78 is 0. The van der Waals surface area contributed by atoms with Crippen molar-refractivity contribution in [2.24, 2.45) is 0 Å². The monoisotopic (exact) mass is 307 g/mol. The molecule has 0 saturated carbocycles. The van der Waals surface area contributed by atoms with Gasteiger partial charge in [0.25, 0.3) is 0 Å². The van der Waals surface area contributed by atoms with Crippen LogP contribution in [0.5, 0.6) is 0 Å². The standard InChI is InChI=1S/C17H26ClN3/c1-14-15(13-18)5-6-17(19-14)21-11-7-16(8-12-21)20-9-3-2-4-10-20/h5-6,16H,2-4,7-13H2,1H3. The highest BCUT2D eigenvalue weighted by Crippen LogP contribution is 2.24. The van der Waals surface area contributed by atoms with Crippen LogP contribution in [-0.4, -0.2) is 42.1 Å². The molecule has 0 bridgehead atoms. The Balaban J connectivity index is 1.58. The molecule has 0 N–H and O–H groups in total. The van der Waals surface area contributed by atoms with E-state index in [4.69, 9.17) is 16.6 Å². The molecule has 116 valence electrons. The van der Waals surface area contributed by atoms with Crippen LogP contribution in [0.3, 0.4) is 0 Å². The van der Waals surface area contributed by atoms with Crippen LogP contribution in [0.2, 0.25) is 0 Å². The van der Waals surface area contributed by atoms with Crippen LogP contribution in [0.25, 0.3) is 0 Å². The van der Waals surface area contributed by atoms with E-state index in [0.717, 1.165) is 36.2 Å². The number of pyridine rings is 1. The molecule has 1 aromatic heterocycles. The van der Waals surface area contributed by atoms with Crippen LogP contribution in [0.4, 0.5) is 5.82 Å². The maximum absolute atomic E-state index is 5.92. The number of nitrogens with zero attached hydrogens (tertiary/aromatic N) is 3. The lowest BCUT2D eigenvalue weighted by Gasteiger charge is -2.40. The molecule has 0 spiro atoms. The highest BCUT2D eigenvalue weighted by atomic mass is 35.5. The van der Waals surface area contributed by atoms with Crippen molar-refractivity contribution in [3.05, 3.63) is 23.4 Å². The highest BCUT2D eigenvalue weighted by molar-refractivity contribution is 6.17. The molecule has 0 atom stereocenters. The predicted octanol–water partition coefficient (Wildman–Crippen LogP) is 3.58. The van der Waals surface area contributed by atoms with Crippen molar-refractivity contribution in [1.29, 1.82) is 0 Å². The van der Waals surface area contributed by atoms with Crippen molar-refractivity contribution in [3.8, 4) is 0 Å². The van der Waals surface area contributed by atoms with Gasteiger partial charge in [-0.15, -0.1) is 11.6 Å². The number of rotatable bonds is 3. The van der Waals surface area contributed by atoms with Gasteiger partial charge in [0.15, 0.2) is 0 Å². The van der Waals surface area contributed by atoms with Crippen LogP contribution < -0.4 is 4.90 Å². The predicted molar refractivity (Wildman–Crippen MR) is 89.2 cm³/mol. The number of aromatic nitrogens is 1. The molecule has 3 heterocycles. The van der Waals surface area contributed by atoms with Crippen molar-refractivity contribution in [2.75, 3.05) is 31.1 Å². The Hall–Kier alpha value is -0.800. The Labute approximate surface area is 133 Å². The lowest BCUT2D eigenvalue weighted by Crippen LogP contribution is -2.47. The van der Waals surface area contributed by atoms with Crippen molar-refractivity contribution < 1.29 is 0 Å². The molecule has 3 nitrogen and oxygen atoms in total. The maximum atomic E-state index is 5.92. The Bertz CT molecular complexity index is 463. The van der Waals surface area contributed by atoms with Gasteiger partial charge < -0.3 is 9.80 Å². The first-order valence-electron chi connectivity index (χ1n) is 8.29. The second kappa shape index (κ2) is 6.97. The first-order valence-corrected chi connectivity index (χ1v) is 8.83. The second-order valence-corrected chi connectivity index (χ2v) is 6.63. The fourth-order valence-corrected chi connectivity index (χ4v) is 3.92. The van der Waals surface area contributed by atoms with Gasteiger partial charge in [0.2, 0.25) is 0 Å². The molecule has 0 radical (unpaired) electrons. The maximum Gasteiger partial charge on any atom is 0.128 e. The molecule has 2 saturated heterocycles. The summed E-state index contributed by atoms with van der Waals surface area (Å²) in [4.78, 5) is 9.89. The van der Waals surface area contributed by atoms with Crippen LogP contribution in [0.15, 0.2) is 12.1 Å². The fraction of sp³-hybridized carbons (Fsp3) is 0.706. The van der Waals surface area contributed by atoms with Crippen LogP contribution in [0, 0.1) is 6.92 Å². The first-order chi connectivity index (χ1) is 10.3. The minimum atomic E-state index is 0.552. The molecular weight excluding hydrogens is 282 g/mol. The number of halogens is 1. The number of anilines is 1. The molecule has 0 amide bonds. The molecule has 0 aliphatic carbocycles. The van der Waals surface area contributed by atoms with E-state index in [9.17, 15) is 0 Å². The van der Waals surface area contributed by atoms with E-state index < -0.39 is 0 Å². The van der Waals surface area contributed by atoms with E-state index in [0.29, 0.717) is 5.88 Å². The largest absolute Gasteiger partial charge is 0.356 e. The van der Waals surface area contributed by atoms with Crippen LogP contribution in [-0.2, 0) is 5.88 Å². The SMILES string of the molecule is Cc1nc(N2CCC(N3CCCCC3)CC2)ccc1CCl. The van der Waals surface area contributed by atoms with Crippen molar-refractivity contribution in [2.45, 2.75) is 50.9 Å². The summed E-state index contributed by atoms with van der Waals surface area (Å²) in [5.41, 5.74) is 2.21. The topological polar surface area (TPSA) is 19.4 Å². The number of hydrogen-bond acceptors (Lipinski definition) is 3. The van der Waals surface area contributed by atoms with Crippen LogP contribution in [0.1, 0.15) is 43.4 Å². The molecular formula is C17H26ClN3. The summed E-state index contributed by atoms with van der Waals surface area (Å²) in [6.07, 6.45) is 6.75.